The van der Waals surface area contributed by atoms with Gasteiger partial charge < -0.3 is 0 Å². The summed E-state index contributed by atoms with van der Waals surface area (Å²) >= 11 is 0. The molecule has 0 aromatic heterocycles. The van der Waals surface area contributed by atoms with Gasteiger partial charge in [0.15, 0.2) is 17.5 Å². The molecule has 0 unspecified atom stereocenters. The first-order chi connectivity index (χ1) is 13.9. The number of hydrogen-bond donors (Lipinski definition) is 0. The molecule has 0 radical (unpaired) electrons. The van der Waals surface area contributed by atoms with Gasteiger partial charge in [0.25, 0.3) is 0 Å². The van der Waals surface area contributed by atoms with E-state index in [4.69, 9.17) is 0 Å². The fourth-order valence-electron chi connectivity index (χ4n) is 4.18. The molecule has 0 N–H and O–H groups in total. The maximum absolute atomic E-state index is 14.9. The predicted octanol–water partition coefficient (Wildman–Crippen LogP) is 8.20. The molecule has 0 aliphatic heterocycles. The van der Waals surface area contributed by atoms with Crippen LogP contribution < -0.4 is 0 Å². The Labute approximate surface area is 168 Å². The number of halogens is 5. The Morgan fingerprint density at radius 1 is 1.03 bits per heavy atom. The largest absolute Gasteiger partial charge is 0.208 e. The fraction of sp³-hybridized carbons (Fsp3) is 0.417. The summed E-state index contributed by atoms with van der Waals surface area (Å²) in [5.41, 5.74) is -0.568. The Kier molecular flexibility index (Phi) is 6.76. The molecule has 0 atom stereocenters. The molecular formula is C24H25F5. The van der Waals surface area contributed by atoms with Crippen LogP contribution in [0.3, 0.4) is 0 Å². The molecule has 0 saturated heterocycles. The van der Waals surface area contributed by atoms with Gasteiger partial charge in [-0.25, -0.2) is 22.0 Å². The van der Waals surface area contributed by atoms with Gasteiger partial charge in [0.2, 0.25) is 0 Å². The van der Waals surface area contributed by atoms with E-state index in [9.17, 15) is 22.0 Å². The van der Waals surface area contributed by atoms with E-state index in [1.807, 2.05) is 0 Å². The van der Waals surface area contributed by atoms with Gasteiger partial charge in [-0.3, -0.25) is 0 Å². The summed E-state index contributed by atoms with van der Waals surface area (Å²) in [6, 6.07) is 3.74. The lowest BCUT2D eigenvalue weighted by Gasteiger charge is -2.27. The standard InChI is InChI=1S/C24H25F5/c1-3-5-6-17-13-16-11-12-18(22(27)19(16)24(29)21(17)26)23(28)20(25)15-9-7-14(4-2)8-10-15/h3,11-15H,1,4-10H2,2H3. The maximum atomic E-state index is 14.9. The molecule has 2 aromatic rings. The molecule has 3 rings (SSSR count). The highest BCUT2D eigenvalue weighted by molar-refractivity contribution is 5.88. The lowest BCUT2D eigenvalue weighted by Crippen LogP contribution is -2.15. The Morgan fingerprint density at radius 3 is 2.34 bits per heavy atom. The molecule has 0 spiro atoms. The Hall–Kier alpha value is -2.17. The van der Waals surface area contributed by atoms with Gasteiger partial charge in [-0.1, -0.05) is 25.5 Å². The Balaban J connectivity index is 2.01. The minimum atomic E-state index is -1.38. The smallest absolute Gasteiger partial charge is 0.169 e. The van der Waals surface area contributed by atoms with Crippen LogP contribution in [0.2, 0.25) is 0 Å². The minimum absolute atomic E-state index is 0.0944. The molecule has 5 heteroatoms. The summed E-state index contributed by atoms with van der Waals surface area (Å²) in [5.74, 6) is -6.23. The van der Waals surface area contributed by atoms with Crippen molar-refractivity contribution >= 4 is 16.6 Å². The van der Waals surface area contributed by atoms with Crippen molar-refractivity contribution in [3.8, 4) is 0 Å². The summed E-state index contributed by atoms with van der Waals surface area (Å²) in [6.07, 6.45) is 5.83. The van der Waals surface area contributed by atoms with E-state index in [1.54, 1.807) is 6.08 Å². The van der Waals surface area contributed by atoms with Crippen molar-refractivity contribution in [3.05, 3.63) is 65.3 Å². The molecule has 29 heavy (non-hydrogen) atoms. The van der Waals surface area contributed by atoms with Crippen molar-refractivity contribution in [3.63, 3.8) is 0 Å². The van der Waals surface area contributed by atoms with Gasteiger partial charge in [-0.15, -0.1) is 6.58 Å². The van der Waals surface area contributed by atoms with Crippen molar-refractivity contribution in [2.24, 2.45) is 11.8 Å². The number of fused-ring (bicyclic) bond motifs is 1. The zero-order chi connectivity index (χ0) is 21.1. The van der Waals surface area contributed by atoms with Crippen LogP contribution in [-0.2, 0) is 6.42 Å². The van der Waals surface area contributed by atoms with E-state index in [-0.39, 0.29) is 17.4 Å². The Morgan fingerprint density at radius 2 is 1.72 bits per heavy atom. The first-order valence-electron chi connectivity index (χ1n) is 10.1. The quantitative estimate of drug-likeness (QED) is 0.334. The lowest BCUT2D eigenvalue weighted by atomic mass is 9.80. The molecule has 1 aliphatic rings. The number of aryl methyl sites for hydroxylation is 1. The molecule has 0 amide bonds. The third-order valence-corrected chi connectivity index (χ3v) is 6.04. The van der Waals surface area contributed by atoms with Crippen LogP contribution in [0, 0.1) is 29.3 Å². The van der Waals surface area contributed by atoms with Crippen LogP contribution >= 0.6 is 0 Å². The van der Waals surface area contributed by atoms with E-state index in [1.165, 1.54) is 12.1 Å². The van der Waals surface area contributed by atoms with E-state index >= 15 is 0 Å². The van der Waals surface area contributed by atoms with Crippen LogP contribution in [0.4, 0.5) is 22.0 Å². The molecule has 1 aliphatic carbocycles. The molecular weight excluding hydrogens is 383 g/mol. The van der Waals surface area contributed by atoms with Crippen molar-refractivity contribution < 1.29 is 22.0 Å². The molecule has 1 saturated carbocycles. The minimum Gasteiger partial charge on any atom is -0.208 e. The second-order valence-corrected chi connectivity index (χ2v) is 7.80. The topological polar surface area (TPSA) is 0 Å². The van der Waals surface area contributed by atoms with Gasteiger partial charge in [0.05, 0.1) is 5.39 Å². The van der Waals surface area contributed by atoms with E-state index in [0.29, 0.717) is 25.2 Å². The highest BCUT2D eigenvalue weighted by Gasteiger charge is 2.28. The second kappa shape index (κ2) is 9.10. The number of rotatable bonds is 6. The van der Waals surface area contributed by atoms with Crippen molar-refractivity contribution in [2.75, 3.05) is 0 Å². The average Bonchev–Trinajstić information content (AvgIpc) is 2.74. The molecule has 156 valence electrons. The average molecular weight is 408 g/mol. The number of hydrogen-bond acceptors (Lipinski definition) is 0. The summed E-state index contributed by atoms with van der Waals surface area (Å²) in [5, 5.41) is -0.541. The first-order valence-corrected chi connectivity index (χ1v) is 10.1. The zero-order valence-corrected chi connectivity index (χ0v) is 16.5. The molecule has 0 heterocycles. The second-order valence-electron chi connectivity index (χ2n) is 7.80. The molecule has 0 nitrogen and oxygen atoms in total. The third-order valence-electron chi connectivity index (χ3n) is 6.04. The van der Waals surface area contributed by atoms with Gasteiger partial charge in [-0.05, 0) is 67.5 Å². The number of benzene rings is 2. The van der Waals surface area contributed by atoms with Gasteiger partial charge >= 0.3 is 0 Å². The van der Waals surface area contributed by atoms with E-state index < -0.39 is 46.0 Å². The highest BCUT2D eigenvalue weighted by atomic mass is 19.2. The molecule has 1 fully saturated rings. The fourth-order valence-corrected chi connectivity index (χ4v) is 4.18. The van der Waals surface area contributed by atoms with E-state index in [2.05, 4.69) is 13.5 Å². The predicted molar refractivity (Wildman–Crippen MR) is 107 cm³/mol. The summed E-state index contributed by atoms with van der Waals surface area (Å²) in [7, 11) is 0. The number of allylic oxidation sites excluding steroid dienone is 2. The van der Waals surface area contributed by atoms with Crippen molar-refractivity contribution in [2.45, 2.75) is 51.9 Å². The maximum Gasteiger partial charge on any atom is 0.169 e. The Bertz CT molecular complexity index is 936. The lowest BCUT2D eigenvalue weighted by molar-refractivity contribution is 0.268. The van der Waals surface area contributed by atoms with Crippen LogP contribution in [0.1, 0.15) is 56.6 Å². The van der Waals surface area contributed by atoms with Crippen molar-refractivity contribution in [1.82, 2.24) is 0 Å². The third kappa shape index (κ3) is 4.24. The van der Waals surface area contributed by atoms with Crippen LogP contribution in [-0.4, -0.2) is 0 Å². The first kappa shape index (κ1) is 21.5. The monoisotopic (exact) mass is 408 g/mol. The van der Waals surface area contributed by atoms with E-state index in [0.717, 1.165) is 25.3 Å². The summed E-state index contributed by atoms with van der Waals surface area (Å²) < 4.78 is 73.3. The molecule has 2 aromatic carbocycles. The van der Waals surface area contributed by atoms with Crippen LogP contribution in [0.15, 0.2) is 36.7 Å². The van der Waals surface area contributed by atoms with Gasteiger partial charge in [0.1, 0.15) is 11.6 Å². The normalized spacial score (nSPS) is 20.6. The summed E-state index contributed by atoms with van der Waals surface area (Å²) in [6.45, 7) is 5.61. The van der Waals surface area contributed by atoms with Crippen LogP contribution in [0.25, 0.3) is 16.6 Å². The molecule has 0 bridgehead atoms. The summed E-state index contributed by atoms with van der Waals surface area (Å²) in [4.78, 5) is 0. The van der Waals surface area contributed by atoms with Gasteiger partial charge in [-0.2, -0.15) is 0 Å². The zero-order valence-electron chi connectivity index (χ0n) is 16.5. The van der Waals surface area contributed by atoms with Crippen LogP contribution in [0.5, 0.6) is 0 Å². The highest BCUT2D eigenvalue weighted by Crippen LogP contribution is 2.40. The SMILES string of the molecule is C=CCCc1cc2ccc(C(F)=C(F)C3CCC(CC)CC3)c(F)c2c(F)c1F. The van der Waals surface area contributed by atoms with Gasteiger partial charge in [0, 0.05) is 11.5 Å². The van der Waals surface area contributed by atoms with Crippen molar-refractivity contribution in [1.29, 1.82) is 0 Å².